The molecule has 1 aliphatic rings. The van der Waals surface area contributed by atoms with E-state index in [0.717, 1.165) is 30.8 Å². The summed E-state index contributed by atoms with van der Waals surface area (Å²) in [6, 6.07) is 2.14. The molecule has 5 heteroatoms. The van der Waals surface area contributed by atoms with Gasteiger partial charge in [0.05, 0.1) is 12.3 Å². The van der Waals surface area contributed by atoms with Gasteiger partial charge in [-0.3, -0.25) is 0 Å². The van der Waals surface area contributed by atoms with E-state index in [0.29, 0.717) is 24.0 Å². The number of ether oxygens (including phenoxy) is 1. The van der Waals surface area contributed by atoms with Crippen LogP contribution in [0.4, 0.5) is 0 Å². The zero-order valence-corrected chi connectivity index (χ0v) is 10.9. The normalized spacial score (nSPS) is 18.6. The molecule has 1 fully saturated rings. The van der Waals surface area contributed by atoms with Crippen molar-refractivity contribution in [3.8, 4) is 11.9 Å². The van der Waals surface area contributed by atoms with Crippen molar-refractivity contribution in [3.05, 3.63) is 16.8 Å². The monoisotopic (exact) mass is 246 g/mol. The van der Waals surface area contributed by atoms with E-state index < -0.39 is 0 Å². The van der Waals surface area contributed by atoms with Gasteiger partial charge in [-0.2, -0.15) is 10.4 Å². The second kappa shape index (κ2) is 5.78. The number of nitrogens with one attached hydrogen (secondary N) is 1. The lowest BCUT2D eigenvalue weighted by Crippen LogP contribution is -2.12. The zero-order valence-electron chi connectivity index (χ0n) is 10.9. The van der Waals surface area contributed by atoms with Crippen molar-refractivity contribution in [2.45, 2.75) is 26.7 Å². The zero-order chi connectivity index (χ0) is 13.0. The Bertz CT molecular complexity index is 461. The molecule has 0 bridgehead atoms. The average Bonchev–Trinajstić information content (AvgIpc) is 2.87. The van der Waals surface area contributed by atoms with Crippen LogP contribution in [-0.2, 0) is 0 Å². The minimum absolute atomic E-state index is 0.367. The van der Waals surface area contributed by atoms with Crippen LogP contribution in [0.5, 0.6) is 5.88 Å². The van der Waals surface area contributed by atoms with Crippen LogP contribution >= 0.6 is 0 Å². The van der Waals surface area contributed by atoms with E-state index in [-0.39, 0.29) is 0 Å². The highest BCUT2D eigenvalue weighted by Gasteiger charge is 2.16. The SMILES string of the molecule is Cc1nnc(OCCC2CCNC2)c(C#N)c1C. The van der Waals surface area contributed by atoms with E-state index in [4.69, 9.17) is 10.00 Å². The molecule has 5 nitrogen and oxygen atoms in total. The smallest absolute Gasteiger partial charge is 0.251 e. The molecule has 1 atom stereocenters. The quantitative estimate of drug-likeness (QED) is 0.868. The lowest BCUT2D eigenvalue weighted by molar-refractivity contribution is 0.270. The summed E-state index contributed by atoms with van der Waals surface area (Å²) in [7, 11) is 0. The Morgan fingerprint density at radius 2 is 2.28 bits per heavy atom. The highest BCUT2D eigenvalue weighted by Crippen LogP contribution is 2.20. The highest BCUT2D eigenvalue weighted by molar-refractivity contribution is 5.44. The molecule has 18 heavy (non-hydrogen) atoms. The summed E-state index contributed by atoms with van der Waals surface area (Å²) in [6.07, 6.45) is 2.19. The Balaban J connectivity index is 1.96. The minimum atomic E-state index is 0.367. The van der Waals surface area contributed by atoms with E-state index in [9.17, 15) is 0 Å². The van der Waals surface area contributed by atoms with Gasteiger partial charge in [0, 0.05) is 0 Å². The third-order valence-corrected chi connectivity index (χ3v) is 3.46. The van der Waals surface area contributed by atoms with Crippen LogP contribution in [0.2, 0.25) is 0 Å². The van der Waals surface area contributed by atoms with Crippen molar-refractivity contribution in [1.82, 2.24) is 15.5 Å². The molecule has 1 aromatic heterocycles. The van der Waals surface area contributed by atoms with Gasteiger partial charge in [-0.1, -0.05) is 0 Å². The molecule has 0 aliphatic carbocycles. The number of hydrogen-bond donors (Lipinski definition) is 1. The van der Waals surface area contributed by atoms with E-state index in [2.05, 4.69) is 21.6 Å². The second-order valence-electron chi connectivity index (χ2n) is 4.70. The largest absolute Gasteiger partial charge is 0.476 e. The first kappa shape index (κ1) is 12.8. The Kier molecular flexibility index (Phi) is 4.11. The van der Waals surface area contributed by atoms with Gasteiger partial charge < -0.3 is 10.1 Å². The first-order valence-corrected chi connectivity index (χ1v) is 6.30. The fourth-order valence-corrected chi connectivity index (χ4v) is 2.10. The molecule has 1 N–H and O–H groups in total. The van der Waals surface area contributed by atoms with E-state index in [1.54, 1.807) is 0 Å². The summed E-state index contributed by atoms with van der Waals surface area (Å²) >= 11 is 0. The molecular formula is C13H18N4O. The van der Waals surface area contributed by atoms with Gasteiger partial charge in [0.2, 0.25) is 0 Å². The number of rotatable bonds is 4. The predicted molar refractivity (Wildman–Crippen MR) is 67.3 cm³/mol. The van der Waals surface area contributed by atoms with Gasteiger partial charge in [0.25, 0.3) is 5.88 Å². The van der Waals surface area contributed by atoms with Gasteiger partial charge >= 0.3 is 0 Å². The van der Waals surface area contributed by atoms with Crippen LogP contribution in [0.25, 0.3) is 0 Å². The maximum Gasteiger partial charge on any atom is 0.251 e. The lowest BCUT2D eigenvalue weighted by Gasteiger charge is -2.11. The van der Waals surface area contributed by atoms with Crippen LogP contribution in [0.1, 0.15) is 29.7 Å². The predicted octanol–water partition coefficient (Wildman–Crippen LogP) is 1.34. The molecule has 2 heterocycles. The third kappa shape index (κ3) is 2.77. The first-order chi connectivity index (χ1) is 8.72. The van der Waals surface area contributed by atoms with Gasteiger partial charge in [-0.25, -0.2) is 0 Å². The fraction of sp³-hybridized carbons (Fsp3) is 0.615. The maximum absolute atomic E-state index is 9.13. The van der Waals surface area contributed by atoms with Crippen LogP contribution in [0.3, 0.4) is 0 Å². The minimum Gasteiger partial charge on any atom is -0.476 e. The second-order valence-corrected chi connectivity index (χ2v) is 4.70. The van der Waals surface area contributed by atoms with Crippen molar-refractivity contribution in [1.29, 1.82) is 5.26 Å². The number of hydrogen-bond acceptors (Lipinski definition) is 5. The van der Waals surface area contributed by atoms with Crippen molar-refractivity contribution in [3.63, 3.8) is 0 Å². The summed E-state index contributed by atoms with van der Waals surface area (Å²) < 4.78 is 5.60. The van der Waals surface area contributed by atoms with Crippen molar-refractivity contribution in [2.75, 3.05) is 19.7 Å². The molecule has 0 spiro atoms. The van der Waals surface area contributed by atoms with Crippen LogP contribution < -0.4 is 10.1 Å². The number of aromatic nitrogens is 2. The summed E-state index contributed by atoms with van der Waals surface area (Å²) in [5.74, 6) is 1.04. The molecule has 2 rings (SSSR count). The first-order valence-electron chi connectivity index (χ1n) is 6.30. The van der Waals surface area contributed by atoms with Gasteiger partial charge in [0.15, 0.2) is 0 Å². The molecular weight excluding hydrogens is 228 g/mol. The topological polar surface area (TPSA) is 70.8 Å². The van der Waals surface area contributed by atoms with Crippen molar-refractivity contribution >= 4 is 0 Å². The Hall–Kier alpha value is -1.67. The van der Waals surface area contributed by atoms with Crippen molar-refractivity contribution < 1.29 is 4.74 Å². The fourth-order valence-electron chi connectivity index (χ4n) is 2.10. The van der Waals surface area contributed by atoms with Crippen LogP contribution in [-0.4, -0.2) is 29.9 Å². The lowest BCUT2D eigenvalue weighted by atomic mass is 10.1. The molecule has 0 saturated carbocycles. The van der Waals surface area contributed by atoms with Gasteiger partial charge in [-0.05, 0) is 51.3 Å². The molecule has 1 saturated heterocycles. The summed E-state index contributed by atoms with van der Waals surface area (Å²) in [6.45, 7) is 6.47. The van der Waals surface area contributed by atoms with E-state index in [1.807, 2.05) is 13.8 Å². The Morgan fingerprint density at radius 1 is 1.44 bits per heavy atom. The highest BCUT2D eigenvalue weighted by atomic mass is 16.5. The maximum atomic E-state index is 9.13. The molecule has 0 amide bonds. The van der Waals surface area contributed by atoms with Gasteiger partial charge in [0.1, 0.15) is 11.6 Å². The molecule has 96 valence electrons. The molecule has 1 aliphatic heterocycles. The molecule has 0 radical (unpaired) electrons. The van der Waals surface area contributed by atoms with E-state index >= 15 is 0 Å². The Labute approximate surface area is 107 Å². The molecule has 1 unspecified atom stereocenters. The standard InChI is InChI=1S/C13H18N4O/c1-9-10(2)16-17-13(12(9)7-14)18-6-4-11-3-5-15-8-11/h11,15H,3-6,8H2,1-2H3. The molecule has 1 aromatic rings. The average molecular weight is 246 g/mol. The summed E-state index contributed by atoms with van der Waals surface area (Å²) in [5, 5.41) is 20.4. The van der Waals surface area contributed by atoms with E-state index in [1.165, 1.54) is 6.42 Å². The number of nitrogens with zero attached hydrogens (tertiary/aromatic N) is 3. The summed E-state index contributed by atoms with van der Waals surface area (Å²) in [4.78, 5) is 0. The third-order valence-electron chi connectivity index (χ3n) is 3.46. The Morgan fingerprint density at radius 3 is 2.94 bits per heavy atom. The van der Waals surface area contributed by atoms with Crippen LogP contribution in [0, 0.1) is 31.1 Å². The summed E-state index contributed by atoms with van der Waals surface area (Å²) in [5.41, 5.74) is 2.14. The molecule has 0 aromatic carbocycles. The van der Waals surface area contributed by atoms with Crippen molar-refractivity contribution in [2.24, 2.45) is 5.92 Å². The number of aryl methyl sites for hydroxylation is 1. The van der Waals surface area contributed by atoms with Gasteiger partial charge in [-0.15, -0.1) is 5.10 Å². The van der Waals surface area contributed by atoms with Crippen LogP contribution in [0.15, 0.2) is 0 Å². The number of nitriles is 1.